The Balaban J connectivity index is 1.45. The molecule has 1 aromatic carbocycles. The van der Waals surface area contributed by atoms with Gasteiger partial charge in [0.1, 0.15) is 5.75 Å². The first-order valence-electron chi connectivity index (χ1n) is 10.4. The van der Waals surface area contributed by atoms with Gasteiger partial charge in [-0.15, -0.1) is 0 Å². The minimum absolute atomic E-state index is 0.385. The van der Waals surface area contributed by atoms with Crippen LogP contribution in [0.3, 0.4) is 0 Å². The summed E-state index contributed by atoms with van der Waals surface area (Å²) < 4.78 is 0. The highest BCUT2D eigenvalue weighted by atomic mass is 16.3. The highest BCUT2D eigenvalue weighted by Crippen LogP contribution is 2.47. The maximum absolute atomic E-state index is 10.0. The molecule has 0 amide bonds. The van der Waals surface area contributed by atoms with Gasteiger partial charge in [-0.2, -0.15) is 0 Å². The third kappa shape index (κ3) is 3.05. The summed E-state index contributed by atoms with van der Waals surface area (Å²) in [6, 6.07) is 13.6. The summed E-state index contributed by atoms with van der Waals surface area (Å²) in [5.41, 5.74) is 3.77. The molecule has 2 aromatic rings. The second-order valence-corrected chi connectivity index (χ2v) is 8.50. The smallest absolute Gasteiger partial charge is 0.115 e. The third-order valence-electron chi connectivity index (χ3n) is 7.05. The summed E-state index contributed by atoms with van der Waals surface area (Å²) in [4.78, 5) is 10.1. The van der Waals surface area contributed by atoms with Crippen LogP contribution in [-0.4, -0.2) is 51.6 Å². The second-order valence-electron chi connectivity index (χ2n) is 8.50. The van der Waals surface area contributed by atoms with Gasteiger partial charge >= 0.3 is 0 Å². The van der Waals surface area contributed by atoms with E-state index in [9.17, 15) is 5.11 Å². The van der Waals surface area contributed by atoms with Gasteiger partial charge in [0, 0.05) is 37.3 Å². The molecule has 4 aliphatic rings. The zero-order valence-electron chi connectivity index (χ0n) is 16.1. The Bertz CT molecular complexity index is 798. The van der Waals surface area contributed by atoms with Gasteiger partial charge in [-0.25, -0.2) is 0 Å². The summed E-state index contributed by atoms with van der Waals surface area (Å²) >= 11 is 0. The molecule has 0 spiro atoms. The van der Waals surface area contributed by atoms with Crippen LogP contribution in [0.2, 0.25) is 0 Å². The average molecular weight is 364 g/mol. The molecule has 4 aliphatic heterocycles. The lowest BCUT2D eigenvalue weighted by atomic mass is 9.75. The normalized spacial score (nSPS) is 32.6. The number of aryl methyl sites for hydroxylation is 1. The predicted octanol–water partition coefficient (Wildman–Crippen LogP) is 3.41. The maximum Gasteiger partial charge on any atom is 0.115 e. The lowest BCUT2D eigenvalue weighted by molar-refractivity contribution is -0.00898. The van der Waals surface area contributed by atoms with Crippen molar-refractivity contribution in [3.05, 3.63) is 59.4 Å². The zero-order valence-corrected chi connectivity index (χ0v) is 16.1. The van der Waals surface area contributed by atoms with E-state index in [1.165, 1.54) is 42.8 Å². The fourth-order valence-electron chi connectivity index (χ4n) is 5.74. The molecule has 0 unspecified atom stereocenters. The second kappa shape index (κ2) is 6.92. The minimum Gasteiger partial charge on any atom is -0.508 e. The molecule has 1 aromatic heterocycles. The topological polar surface area (TPSA) is 39.6 Å². The Morgan fingerprint density at radius 3 is 2.67 bits per heavy atom. The molecule has 4 heteroatoms. The van der Waals surface area contributed by atoms with Gasteiger partial charge in [-0.3, -0.25) is 14.8 Å². The molecule has 5 heterocycles. The van der Waals surface area contributed by atoms with Gasteiger partial charge in [0.25, 0.3) is 0 Å². The SMILES string of the molecule is CCc1ccc(CN2C[C@H](c3cccc(O)c3)[C@H]3[C@@H]2C2CCN3CC2)nc1. The van der Waals surface area contributed by atoms with Crippen LogP contribution in [0.4, 0.5) is 0 Å². The third-order valence-corrected chi connectivity index (χ3v) is 7.05. The van der Waals surface area contributed by atoms with Crippen molar-refractivity contribution < 1.29 is 5.11 Å². The summed E-state index contributed by atoms with van der Waals surface area (Å²) in [7, 11) is 0. The number of aromatic nitrogens is 1. The molecule has 27 heavy (non-hydrogen) atoms. The molecule has 0 saturated carbocycles. The number of hydrogen-bond acceptors (Lipinski definition) is 4. The quantitative estimate of drug-likeness (QED) is 0.904. The number of piperidine rings is 3. The first-order chi connectivity index (χ1) is 13.2. The van der Waals surface area contributed by atoms with Gasteiger partial charge in [0.2, 0.25) is 0 Å². The number of likely N-dealkylation sites (tertiary alicyclic amines) is 1. The Kier molecular flexibility index (Phi) is 4.41. The molecular weight excluding hydrogens is 334 g/mol. The molecule has 4 saturated heterocycles. The van der Waals surface area contributed by atoms with Crippen molar-refractivity contribution in [1.82, 2.24) is 14.8 Å². The van der Waals surface area contributed by atoms with Crippen molar-refractivity contribution in [2.75, 3.05) is 19.6 Å². The molecule has 4 fully saturated rings. The average Bonchev–Trinajstić information content (AvgIpc) is 3.11. The van der Waals surface area contributed by atoms with Crippen LogP contribution < -0.4 is 0 Å². The molecule has 0 radical (unpaired) electrons. The van der Waals surface area contributed by atoms with Gasteiger partial charge in [-0.1, -0.05) is 25.1 Å². The summed E-state index contributed by atoms with van der Waals surface area (Å²) in [5.74, 6) is 1.66. The van der Waals surface area contributed by atoms with Gasteiger partial charge in [0.15, 0.2) is 0 Å². The Morgan fingerprint density at radius 1 is 1.11 bits per heavy atom. The Labute approximate surface area is 161 Å². The molecule has 4 nitrogen and oxygen atoms in total. The maximum atomic E-state index is 10.0. The van der Waals surface area contributed by atoms with Crippen molar-refractivity contribution in [3.8, 4) is 5.75 Å². The number of hydrogen-bond donors (Lipinski definition) is 1. The van der Waals surface area contributed by atoms with Crippen molar-refractivity contribution in [2.45, 2.75) is 50.7 Å². The number of nitrogens with zero attached hydrogens (tertiary/aromatic N) is 3. The number of phenols is 1. The van der Waals surface area contributed by atoms with Gasteiger partial charge in [-0.05, 0) is 67.6 Å². The molecular formula is C23H29N3O. The van der Waals surface area contributed by atoms with E-state index in [2.05, 4.69) is 34.9 Å². The van der Waals surface area contributed by atoms with E-state index in [-0.39, 0.29) is 0 Å². The van der Waals surface area contributed by atoms with Crippen LogP contribution in [0.5, 0.6) is 5.75 Å². The van der Waals surface area contributed by atoms with Crippen LogP contribution in [-0.2, 0) is 13.0 Å². The van der Waals surface area contributed by atoms with E-state index in [0.29, 0.717) is 23.8 Å². The van der Waals surface area contributed by atoms with Crippen molar-refractivity contribution >= 4 is 0 Å². The lowest BCUT2D eigenvalue weighted by Crippen LogP contribution is -2.60. The van der Waals surface area contributed by atoms with Crippen molar-refractivity contribution in [2.24, 2.45) is 5.92 Å². The molecule has 142 valence electrons. The highest BCUT2D eigenvalue weighted by molar-refractivity contribution is 5.33. The zero-order chi connectivity index (χ0) is 18.4. The van der Waals surface area contributed by atoms with E-state index < -0.39 is 0 Å². The molecule has 0 aliphatic carbocycles. The lowest BCUT2D eigenvalue weighted by Gasteiger charge is -2.51. The van der Waals surface area contributed by atoms with Gasteiger partial charge < -0.3 is 5.11 Å². The van der Waals surface area contributed by atoms with Crippen LogP contribution in [0.1, 0.15) is 42.5 Å². The number of fused-ring (bicyclic) bond motifs is 2. The fraction of sp³-hybridized carbons (Fsp3) is 0.522. The number of benzene rings is 1. The monoisotopic (exact) mass is 363 g/mol. The van der Waals surface area contributed by atoms with E-state index >= 15 is 0 Å². The molecule has 3 atom stereocenters. The van der Waals surface area contributed by atoms with Gasteiger partial charge in [0.05, 0.1) is 5.69 Å². The van der Waals surface area contributed by atoms with E-state index in [1.807, 2.05) is 18.3 Å². The van der Waals surface area contributed by atoms with E-state index in [1.54, 1.807) is 6.07 Å². The molecule has 6 rings (SSSR count). The predicted molar refractivity (Wildman–Crippen MR) is 107 cm³/mol. The number of aromatic hydroxyl groups is 1. The largest absolute Gasteiger partial charge is 0.508 e. The molecule has 2 bridgehead atoms. The van der Waals surface area contributed by atoms with Crippen molar-refractivity contribution in [3.63, 3.8) is 0 Å². The first-order valence-corrected chi connectivity index (χ1v) is 10.4. The van der Waals surface area contributed by atoms with E-state index in [0.717, 1.165) is 25.4 Å². The highest BCUT2D eigenvalue weighted by Gasteiger charge is 2.53. The fourth-order valence-corrected chi connectivity index (χ4v) is 5.74. The standard InChI is InChI=1S/C23H29N3O/c1-2-16-6-7-19(24-13-16)14-26-15-21(18-4-3-5-20(27)12-18)23-22(26)17-8-10-25(23)11-9-17/h3-7,12-13,17,21-23,27H,2,8-11,14-15H2,1H3/t21-,22+,23+/m1/s1. The number of pyridine rings is 1. The van der Waals surface area contributed by atoms with Crippen molar-refractivity contribution in [1.29, 1.82) is 0 Å². The van der Waals surface area contributed by atoms with E-state index in [4.69, 9.17) is 4.98 Å². The molecule has 1 N–H and O–H groups in total. The first kappa shape index (κ1) is 17.2. The summed E-state index contributed by atoms with van der Waals surface area (Å²) in [5, 5.41) is 10.0. The Hall–Kier alpha value is -1.91. The number of rotatable bonds is 4. The minimum atomic E-state index is 0.385. The van der Waals surface area contributed by atoms with Crippen LogP contribution in [0.25, 0.3) is 0 Å². The van der Waals surface area contributed by atoms with Crippen LogP contribution in [0.15, 0.2) is 42.6 Å². The summed E-state index contributed by atoms with van der Waals surface area (Å²) in [6.07, 6.45) is 5.73. The van der Waals surface area contributed by atoms with Crippen LogP contribution >= 0.6 is 0 Å². The summed E-state index contributed by atoms with van der Waals surface area (Å²) in [6.45, 7) is 6.64. The Morgan fingerprint density at radius 2 is 1.96 bits per heavy atom. The number of phenolic OH excluding ortho intramolecular Hbond substituents is 1. The van der Waals surface area contributed by atoms with Crippen LogP contribution in [0, 0.1) is 5.92 Å².